The molecule has 0 spiro atoms. The molecule has 2 N–H and O–H groups in total. The number of amides is 1. The van der Waals surface area contributed by atoms with Crippen LogP contribution in [0, 0.1) is 0 Å². The van der Waals surface area contributed by atoms with E-state index in [1.165, 1.54) is 5.69 Å². The van der Waals surface area contributed by atoms with Crippen molar-refractivity contribution in [2.24, 2.45) is 12.0 Å². The molecule has 0 aliphatic carbocycles. The normalized spacial score (nSPS) is 18.6. The van der Waals surface area contributed by atoms with Gasteiger partial charge in [-0.05, 0) is 25.5 Å². The molecular weight excluding hydrogens is 481 g/mol. The molecule has 2 rings (SSSR count). The molecule has 1 aliphatic heterocycles. The number of nitrogens with one attached hydrogen (secondary N) is 2. The Bertz CT molecular complexity index is 748. The fraction of sp³-hybridized carbons (Fsp3) is 0.647. The molecule has 0 radical (unpaired) electrons. The van der Waals surface area contributed by atoms with Gasteiger partial charge in [-0.3, -0.25) is 9.79 Å². The van der Waals surface area contributed by atoms with Crippen LogP contribution in [-0.2, 0) is 28.2 Å². The molecule has 1 amide bonds. The number of rotatable bonds is 7. The van der Waals surface area contributed by atoms with E-state index in [9.17, 15) is 13.2 Å². The molecule has 27 heavy (non-hydrogen) atoms. The summed E-state index contributed by atoms with van der Waals surface area (Å²) in [6.45, 7) is 3.80. The van der Waals surface area contributed by atoms with Crippen molar-refractivity contribution in [1.29, 1.82) is 0 Å². The summed E-state index contributed by atoms with van der Waals surface area (Å²) in [7, 11) is 0.974. The molecule has 1 atom stereocenters. The number of aromatic nitrogens is 1. The lowest BCUT2D eigenvalue weighted by Crippen LogP contribution is -2.39. The van der Waals surface area contributed by atoms with Crippen molar-refractivity contribution in [3.05, 3.63) is 24.0 Å². The van der Waals surface area contributed by atoms with Crippen molar-refractivity contribution >= 4 is 45.7 Å². The van der Waals surface area contributed by atoms with Gasteiger partial charge in [-0.15, -0.1) is 24.0 Å². The first-order valence-electron chi connectivity index (χ1n) is 8.90. The zero-order valence-corrected chi connectivity index (χ0v) is 19.3. The van der Waals surface area contributed by atoms with Gasteiger partial charge >= 0.3 is 0 Å². The SMILES string of the molecule is CCNC(=NCCC(=O)NC1CCS(=O)(=O)C1)N(C)Cc1cccn1C.I. The molecule has 2 heterocycles. The van der Waals surface area contributed by atoms with Crippen molar-refractivity contribution in [3.63, 3.8) is 0 Å². The van der Waals surface area contributed by atoms with E-state index >= 15 is 0 Å². The average molecular weight is 511 g/mol. The molecule has 1 saturated heterocycles. The zero-order valence-electron chi connectivity index (χ0n) is 16.1. The molecule has 0 aromatic carbocycles. The van der Waals surface area contributed by atoms with Gasteiger partial charge in [0.25, 0.3) is 0 Å². The molecule has 1 aromatic rings. The first kappa shape index (κ1) is 23.7. The maximum absolute atomic E-state index is 12.0. The van der Waals surface area contributed by atoms with E-state index in [-0.39, 0.29) is 53.9 Å². The molecule has 0 bridgehead atoms. The maximum atomic E-state index is 12.0. The van der Waals surface area contributed by atoms with E-state index in [0.29, 0.717) is 19.5 Å². The minimum Gasteiger partial charge on any atom is -0.357 e. The molecule has 154 valence electrons. The largest absolute Gasteiger partial charge is 0.357 e. The summed E-state index contributed by atoms with van der Waals surface area (Å²) in [5.41, 5.74) is 1.17. The summed E-state index contributed by atoms with van der Waals surface area (Å²) in [6.07, 6.45) is 2.74. The lowest BCUT2D eigenvalue weighted by atomic mass is 10.2. The van der Waals surface area contributed by atoms with Crippen molar-refractivity contribution in [3.8, 4) is 0 Å². The van der Waals surface area contributed by atoms with Crippen molar-refractivity contribution in [2.75, 3.05) is 31.6 Å². The highest BCUT2D eigenvalue weighted by molar-refractivity contribution is 14.0. The van der Waals surface area contributed by atoms with Gasteiger partial charge in [0.15, 0.2) is 15.8 Å². The van der Waals surface area contributed by atoms with Crippen LogP contribution in [0.15, 0.2) is 23.3 Å². The predicted octanol–water partition coefficient (Wildman–Crippen LogP) is 0.734. The Kier molecular flexibility index (Phi) is 9.57. The monoisotopic (exact) mass is 511 g/mol. The minimum absolute atomic E-state index is 0. The quantitative estimate of drug-likeness (QED) is 0.320. The van der Waals surface area contributed by atoms with E-state index in [0.717, 1.165) is 12.5 Å². The number of carbonyl (C=O) groups is 1. The summed E-state index contributed by atoms with van der Waals surface area (Å²) in [5.74, 6) is 0.788. The number of aliphatic imine (C=N–C) groups is 1. The number of nitrogens with zero attached hydrogens (tertiary/aromatic N) is 3. The third kappa shape index (κ3) is 7.68. The summed E-state index contributed by atoms with van der Waals surface area (Å²) in [5, 5.41) is 6.02. The second-order valence-electron chi connectivity index (χ2n) is 6.62. The highest BCUT2D eigenvalue weighted by atomic mass is 127. The number of guanidine groups is 1. The summed E-state index contributed by atoms with van der Waals surface area (Å²) < 4.78 is 24.9. The third-order valence-corrected chi connectivity index (χ3v) is 6.11. The van der Waals surface area contributed by atoms with Crippen LogP contribution in [0.4, 0.5) is 0 Å². The molecule has 1 aromatic heterocycles. The summed E-state index contributed by atoms with van der Waals surface area (Å²) in [4.78, 5) is 18.5. The maximum Gasteiger partial charge on any atom is 0.222 e. The van der Waals surface area contributed by atoms with Crippen LogP contribution in [0.3, 0.4) is 0 Å². The minimum atomic E-state index is -2.98. The van der Waals surface area contributed by atoms with E-state index in [1.807, 2.05) is 38.2 Å². The van der Waals surface area contributed by atoms with Crippen molar-refractivity contribution < 1.29 is 13.2 Å². The van der Waals surface area contributed by atoms with Crippen LogP contribution in [0.1, 0.15) is 25.5 Å². The van der Waals surface area contributed by atoms with Crippen LogP contribution >= 0.6 is 24.0 Å². The lowest BCUT2D eigenvalue weighted by molar-refractivity contribution is -0.121. The van der Waals surface area contributed by atoms with E-state index in [2.05, 4.69) is 26.3 Å². The van der Waals surface area contributed by atoms with Crippen LogP contribution in [0.5, 0.6) is 0 Å². The highest BCUT2D eigenvalue weighted by Gasteiger charge is 2.28. The van der Waals surface area contributed by atoms with Crippen molar-refractivity contribution in [2.45, 2.75) is 32.4 Å². The summed E-state index contributed by atoms with van der Waals surface area (Å²) in [6, 6.07) is 3.80. The molecule has 1 aliphatic rings. The molecule has 10 heteroatoms. The molecule has 0 saturated carbocycles. The second kappa shape index (κ2) is 10.9. The fourth-order valence-electron chi connectivity index (χ4n) is 2.92. The molecule has 1 fully saturated rings. The number of halogens is 1. The highest BCUT2D eigenvalue weighted by Crippen LogP contribution is 2.11. The van der Waals surface area contributed by atoms with Gasteiger partial charge < -0.3 is 20.1 Å². The fourth-order valence-corrected chi connectivity index (χ4v) is 4.59. The average Bonchev–Trinajstić information content (AvgIpc) is 3.11. The van der Waals surface area contributed by atoms with E-state index < -0.39 is 9.84 Å². The summed E-state index contributed by atoms with van der Waals surface area (Å²) >= 11 is 0. The standard InChI is InChI=1S/C17H29N5O3S.HI/c1-4-18-17(22(3)12-15-6-5-10-21(15)2)19-9-7-16(23)20-14-8-11-26(24,25)13-14;/h5-6,10,14H,4,7-9,11-13H2,1-3H3,(H,18,19)(H,20,23);1H. The first-order valence-corrected chi connectivity index (χ1v) is 10.7. The van der Waals surface area contributed by atoms with Gasteiger partial charge in [0.1, 0.15) is 0 Å². The van der Waals surface area contributed by atoms with Gasteiger partial charge in [0.2, 0.25) is 5.91 Å². The topological polar surface area (TPSA) is 95.8 Å². The Hall–Kier alpha value is -1.30. The first-order chi connectivity index (χ1) is 12.3. The van der Waals surface area contributed by atoms with Crippen molar-refractivity contribution in [1.82, 2.24) is 20.1 Å². The van der Waals surface area contributed by atoms with Gasteiger partial charge in [0, 0.05) is 45.0 Å². The molecule has 1 unspecified atom stereocenters. The lowest BCUT2D eigenvalue weighted by Gasteiger charge is -2.22. The molecular formula is C17H30IN5O3S. The third-order valence-electron chi connectivity index (χ3n) is 4.34. The smallest absolute Gasteiger partial charge is 0.222 e. The number of hydrogen-bond acceptors (Lipinski definition) is 4. The number of sulfone groups is 1. The number of carbonyl (C=O) groups excluding carboxylic acids is 1. The Morgan fingerprint density at radius 1 is 1.44 bits per heavy atom. The Labute approximate surface area is 178 Å². The Morgan fingerprint density at radius 3 is 2.74 bits per heavy atom. The van der Waals surface area contributed by atoms with Gasteiger partial charge in [-0.25, -0.2) is 8.42 Å². The Balaban J connectivity index is 0.00000364. The predicted molar refractivity (Wildman–Crippen MR) is 118 cm³/mol. The van der Waals surface area contributed by atoms with Crippen LogP contribution < -0.4 is 10.6 Å². The number of hydrogen-bond donors (Lipinski definition) is 2. The van der Waals surface area contributed by atoms with Gasteiger partial charge in [-0.2, -0.15) is 0 Å². The number of aryl methyl sites for hydroxylation is 1. The van der Waals surface area contributed by atoms with Gasteiger partial charge in [0.05, 0.1) is 24.6 Å². The van der Waals surface area contributed by atoms with Crippen LogP contribution in [0.25, 0.3) is 0 Å². The van der Waals surface area contributed by atoms with Gasteiger partial charge in [-0.1, -0.05) is 0 Å². The second-order valence-corrected chi connectivity index (χ2v) is 8.85. The van der Waals surface area contributed by atoms with Crippen LogP contribution in [-0.4, -0.2) is 67.4 Å². The van der Waals surface area contributed by atoms with E-state index in [4.69, 9.17) is 0 Å². The molecule has 8 nitrogen and oxygen atoms in total. The Morgan fingerprint density at radius 2 is 2.19 bits per heavy atom. The van der Waals surface area contributed by atoms with Crippen LogP contribution in [0.2, 0.25) is 0 Å². The zero-order chi connectivity index (χ0) is 19.2. The van der Waals surface area contributed by atoms with E-state index in [1.54, 1.807) is 0 Å².